The Balaban J connectivity index is 1.91. The minimum absolute atomic E-state index is 0.0797. The number of ether oxygens (including phenoxy) is 1. The third kappa shape index (κ3) is 1.67. The average Bonchev–Trinajstić information content (AvgIpc) is 2.49. The van der Waals surface area contributed by atoms with E-state index in [-0.39, 0.29) is 28.8 Å². The molecule has 0 aromatic carbocycles. The summed E-state index contributed by atoms with van der Waals surface area (Å²) in [6.07, 6.45) is 9.06. The maximum absolute atomic E-state index is 13.0. The molecule has 2 saturated carbocycles. The molecule has 4 fully saturated rings. The van der Waals surface area contributed by atoms with Gasteiger partial charge in [0.05, 0.1) is 0 Å². The van der Waals surface area contributed by atoms with E-state index in [1.807, 2.05) is 6.08 Å². The predicted octanol–water partition coefficient (Wildman–Crippen LogP) is 3.77. The first-order valence-corrected chi connectivity index (χ1v) is 8.99. The van der Waals surface area contributed by atoms with E-state index in [2.05, 4.69) is 33.4 Å². The van der Waals surface area contributed by atoms with Gasteiger partial charge in [-0.05, 0) is 49.0 Å². The first kappa shape index (κ1) is 15.4. The van der Waals surface area contributed by atoms with E-state index in [0.29, 0.717) is 6.42 Å². The van der Waals surface area contributed by atoms with Gasteiger partial charge in [0.25, 0.3) is 0 Å². The van der Waals surface area contributed by atoms with E-state index in [9.17, 15) is 9.90 Å². The molecule has 5 atom stereocenters. The number of carbonyl (C=O) groups excluding carboxylic acids is 1. The van der Waals surface area contributed by atoms with Gasteiger partial charge in [-0.2, -0.15) is 0 Å². The summed E-state index contributed by atoms with van der Waals surface area (Å²) in [4.78, 5) is 13.0. The van der Waals surface area contributed by atoms with Crippen molar-refractivity contribution in [1.29, 1.82) is 0 Å². The molecular weight excluding hydrogens is 288 g/mol. The van der Waals surface area contributed by atoms with Crippen LogP contribution < -0.4 is 0 Å². The van der Waals surface area contributed by atoms with Gasteiger partial charge in [0.1, 0.15) is 17.1 Å². The van der Waals surface area contributed by atoms with Crippen LogP contribution in [0.2, 0.25) is 0 Å². The fourth-order valence-electron chi connectivity index (χ4n) is 6.10. The Morgan fingerprint density at radius 2 is 2.00 bits per heavy atom. The highest BCUT2D eigenvalue weighted by atomic mass is 16.6. The molecule has 2 aliphatic heterocycles. The van der Waals surface area contributed by atoms with Gasteiger partial charge >= 0.3 is 5.97 Å². The number of rotatable bonds is 1. The molecule has 0 amide bonds. The summed E-state index contributed by atoms with van der Waals surface area (Å²) in [7, 11) is 0. The lowest BCUT2D eigenvalue weighted by molar-refractivity contribution is -0.249. The quantitative estimate of drug-likeness (QED) is 0.591. The zero-order chi connectivity index (χ0) is 16.7. The third-order valence-electron chi connectivity index (χ3n) is 7.53. The van der Waals surface area contributed by atoms with Crippen LogP contribution in [-0.2, 0) is 9.53 Å². The summed E-state index contributed by atoms with van der Waals surface area (Å²) in [6.45, 7) is 10.6. The summed E-state index contributed by atoms with van der Waals surface area (Å²) in [5.41, 5.74) is -0.828. The second kappa shape index (κ2) is 4.30. The fraction of sp³-hybridized carbons (Fsp3) is 0.750. The molecule has 3 aliphatic carbocycles. The van der Waals surface area contributed by atoms with Gasteiger partial charge in [-0.3, -0.25) is 4.79 Å². The van der Waals surface area contributed by atoms with Crippen molar-refractivity contribution in [3.63, 3.8) is 0 Å². The number of fused-ring (bicyclic) bond motifs is 1. The van der Waals surface area contributed by atoms with Crippen LogP contribution in [0, 0.1) is 22.2 Å². The summed E-state index contributed by atoms with van der Waals surface area (Å²) in [5.74, 6) is 0.0682. The molecule has 3 nitrogen and oxygen atoms in total. The van der Waals surface area contributed by atoms with Gasteiger partial charge in [0.2, 0.25) is 0 Å². The molecule has 2 saturated heterocycles. The molecule has 23 heavy (non-hydrogen) atoms. The summed E-state index contributed by atoms with van der Waals surface area (Å²) < 4.78 is 5.81. The Bertz CT molecular complexity index is 618. The molecule has 0 unspecified atom stereocenters. The Labute approximate surface area is 138 Å². The van der Waals surface area contributed by atoms with E-state index in [1.54, 1.807) is 0 Å². The van der Waals surface area contributed by atoms with Crippen LogP contribution in [-0.4, -0.2) is 22.8 Å². The van der Waals surface area contributed by atoms with E-state index >= 15 is 0 Å². The molecule has 1 spiro atoms. The second-order valence-electron chi connectivity index (χ2n) is 9.17. The number of hydrogen-bond donors (Lipinski definition) is 1. The zero-order valence-electron chi connectivity index (χ0n) is 14.5. The Morgan fingerprint density at radius 3 is 2.70 bits per heavy atom. The molecule has 2 bridgehead atoms. The van der Waals surface area contributed by atoms with Crippen molar-refractivity contribution in [3.05, 3.63) is 24.3 Å². The van der Waals surface area contributed by atoms with Crippen molar-refractivity contribution < 1.29 is 14.6 Å². The Kier molecular flexibility index (Phi) is 2.89. The van der Waals surface area contributed by atoms with Gasteiger partial charge in [0.15, 0.2) is 0 Å². The maximum atomic E-state index is 13.0. The number of allylic oxidation sites excluding steroid dienone is 2. The Hall–Kier alpha value is -1.09. The van der Waals surface area contributed by atoms with E-state index in [0.717, 1.165) is 37.7 Å². The summed E-state index contributed by atoms with van der Waals surface area (Å²) in [6, 6.07) is 0. The van der Waals surface area contributed by atoms with Gasteiger partial charge in [-0.25, -0.2) is 0 Å². The lowest BCUT2D eigenvalue weighted by atomic mass is 9.41. The maximum Gasteiger partial charge on any atom is 0.316 e. The molecule has 3 heteroatoms. The van der Waals surface area contributed by atoms with Crippen LogP contribution in [0.3, 0.4) is 0 Å². The summed E-state index contributed by atoms with van der Waals surface area (Å²) >= 11 is 0. The topological polar surface area (TPSA) is 46.5 Å². The van der Waals surface area contributed by atoms with E-state index < -0.39 is 11.0 Å². The minimum Gasteiger partial charge on any atom is -0.457 e. The third-order valence-corrected chi connectivity index (χ3v) is 7.53. The largest absolute Gasteiger partial charge is 0.457 e. The van der Waals surface area contributed by atoms with E-state index in [1.165, 1.54) is 0 Å². The second-order valence-corrected chi connectivity index (χ2v) is 9.17. The highest BCUT2D eigenvalue weighted by Crippen LogP contribution is 2.69. The number of hydrogen-bond acceptors (Lipinski definition) is 3. The standard InChI is InChI=1S/C20H28O3/c1-5-18(4)9-10-20(22)13(12-18)14-11-15-17(2,3)7-6-8-19(15,20)16(21)23-14/h5,12,14-15,22H,1,6-11H2,2-4H3/t14-,15-,18-,19-,20+/m0/s1. The number of aliphatic hydroxyl groups is 1. The van der Waals surface area contributed by atoms with Gasteiger partial charge < -0.3 is 9.84 Å². The molecule has 5 aliphatic rings. The van der Waals surface area contributed by atoms with Gasteiger partial charge in [0, 0.05) is 5.41 Å². The van der Waals surface area contributed by atoms with Crippen LogP contribution in [0.15, 0.2) is 24.3 Å². The first-order chi connectivity index (χ1) is 10.7. The highest BCUT2D eigenvalue weighted by molar-refractivity contribution is 5.84. The fourth-order valence-corrected chi connectivity index (χ4v) is 6.10. The minimum atomic E-state index is -1.02. The first-order valence-electron chi connectivity index (χ1n) is 8.99. The van der Waals surface area contributed by atoms with E-state index in [4.69, 9.17) is 4.74 Å². The van der Waals surface area contributed by atoms with Crippen molar-refractivity contribution in [2.45, 2.75) is 71.0 Å². The molecule has 5 rings (SSSR count). The van der Waals surface area contributed by atoms with Crippen LogP contribution in [0.1, 0.15) is 59.3 Å². The molecule has 0 aromatic heterocycles. The van der Waals surface area contributed by atoms with Crippen LogP contribution >= 0.6 is 0 Å². The Morgan fingerprint density at radius 1 is 1.26 bits per heavy atom. The van der Waals surface area contributed by atoms with Crippen molar-refractivity contribution in [3.8, 4) is 0 Å². The van der Waals surface area contributed by atoms with Crippen LogP contribution in [0.4, 0.5) is 0 Å². The molecule has 0 aromatic rings. The zero-order valence-corrected chi connectivity index (χ0v) is 14.5. The van der Waals surface area contributed by atoms with Crippen LogP contribution in [0.25, 0.3) is 0 Å². The SMILES string of the molecule is C=C[C@]1(C)C=C2[C@@H]3C[C@H]4C(C)(C)CCC[C@]4(C(=O)O3)[C@@]2(O)CC1. The number of carbonyl (C=O) groups is 1. The highest BCUT2D eigenvalue weighted by Gasteiger charge is 2.74. The van der Waals surface area contributed by atoms with Gasteiger partial charge in [-0.15, -0.1) is 6.58 Å². The predicted molar refractivity (Wildman–Crippen MR) is 88.6 cm³/mol. The lowest BCUT2D eigenvalue weighted by Crippen LogP contribution is -2.73. The monoisotopic (exact) mass is 316 g/mol. The molecular formula is C20H28O3. The molecule has 126 valence electrons. The van der Waals surface area contributed by atoms with Crippen molar-refractivity contribution in [2.24, 2.45) is 22.2 Å². The lowest BCUT2D eigenvalue weighted by Gasteiger charge is -2.67. The normalized spacial score (nSPS) is 50.4. The smallest absolute Gasteiger partial charge is 0.316 e. The van der Waals surface area contributed by atoms with Crippen molar-refractivity contribution >= 4 is 5.97 Å². The van der Waals surface area contributed by atoms with Crippen molar-refractivity contribution in [1.82, 2.24) is 0 Å². The molecule has 2 heterocycles. The van der Waals surface area contributed by atoms with Crippen LogP contribution in [0.5, 0.6) is 0 Å². The van der Waals surface area contributed by atoms with Crippen molar-refractivity contribution in [2.75, 3.05) is 0 Å². The summed E-state index contributed by atoms with van der Waals surface area (Å²) in [5, 5.41) is 11.8. The van der Waals surface area contributed by atoms with Gasteiger partial charge in [-0.1, -0.05) is 39.3 Å². The number of esters is 1. The average molecular weight is 316 g/mol. The molecule has 0 radical (unpaired) electrons. The molecule has 1 N–H and O–H groups in total.